The first-order chi connectivity index (χ1) is 13.7. The van der Waals surface area contributed by atoms with Crippen molar-refractivity contribution in [1.82, 2.24) is 19.8 Å². The topological polar surface area (TPSA) is 54.7 Å². The van der Waals surface area contributed by atoms with E-state index in [0.717, 1.165) is 38.6 Å². The lowest BCUT2D eigenvalue weighted by Gasteiger charge is -2.39. The van der Waals surface area contributed by atoms with Crippen LogP contribution in [0.1, 0.15) is 31.9 Å². The number of guanidine groups is 1. The molecule has 28 heavy (non-hydrogen) atoms. The number of aliphatic imine (C=N–C) groups is 1. The van der Waals surface area contributed by atoms with Gasteiger partial charge >= 0.3 is 0 Å². The van der Waals surface area contributed by atoms with Gasteiger partial charge in [0, 0.05) is 39.1 Å². The lowest BCUT2D eigenvalue weighted by molar-refractivity contribution is 0.0926. The Morgan fingerprint density at radius 1 is 1.36 bits per heavy atom. The van der Waals surface area contributed by atoms with Crippen molar-refractivity contribution in [2.75, 3.05) is 33.3 Å². The fourth-order valence-electron chi connectivity index (χ4n) is 3.70. The minimum atomic E-state index is 0.411. The summed E-state index contributed by atoms with van der Waals surface area (Å²) in [5.41, 5.74) is 1.21. The number of ether oxygens (including phenoxy) is 1. The van der Waals surface area contributed by atoms with E-state index in [9.17, 15) is 0 Å². The number of nitrogens with zero attached hydrogens (tertiary/aromatic N) is 4. The van der Waals surface area contributed by atoms with E-state index in [1.807, 2.05) is 37.8 Å². The van der Waals surface area contributed by atoms with Gasteiger partial charge in [-0.05, 0) is 23.8 Å². The van der Waals surface area contributed by atoms with E-state index in [1.54, 1.807) is 0 Å². The van der Waals surface area contributed by atoms with E-state index in [2.05, 4.69) is 56.9 Å². The molecule has 0 bridgehead atoms. The number of aromatic nitrogens is 2. The monoisotopic (exact) mass is 383 g/mol. The molecule has 1 aliphatic rings. The zero-order valence-electron chi connectivity index (χ0n) is 17.3. The van der Waals surface area contributed by atoms with Crippen LogP contribution in [0.4, 0.5) is 0 Å². The fraction of sp³-hybridized carbons (Fsp3) is 0.545. The Kier molecular flexibility index (Phi) is 7.48. The molecule has 1 fully saturated rings. The molecule has 1 saturated heterocycles. The molecular formula is C22H33N5O. The van der Waals surface area contributed by atoms with Crippen molar-refractivity contribution in [3.8, 4) is 0 Å². The second kappa shape index (κ2) is 10.3. The van der Waals surface area contributed by atoms with Crippen LogP contribution in [-0.2, 0) is 11.3 Å². The van der Waals surface area contributed by atoms with Crippen LogP contribution in [-0.4, -0.2) is 53.7 Å². The lowest BCUT2D eigenvalue weighted by atomic mass is 9.93. The van der Waals surface area contributed by atoms with Gasteiger partial charge in [-0.3, -0.25) is 4.99 Å². The number of hydrogen-bond donors (Lipinski definition) is 1. The minimum Gasteiger partial charge on any atom is -0.376 e. The van der Waals surface area contributed by atoms with Gasteiger partial charge in [0.2, 0.25) is 0 Å². The molecule has 0 radical (unpaired) electrons. The standard InChI is InChI=1S/C22H33N5O/c1-18(15-28-16-20-7-5-4-6-8-20)13-25-22(23-3)26-11-9-19(2)21(14-26)27-12-10-24-17-27/h4-8,10,12,17-19,21H,9,11,13-16H2,1-3H3,(H,23,25). The van der Waals surface area contributed by atoms with Gasteiger partial charge in [0.05, 0.1) is 25.6 Å². The number of benzene rings is 1. The molecule has 3 atom stereocenters. The van der Waals surface area contributed by atoms with Crippen molar-refractivity contribution in [3.05, 3.63) is 54.6 Å². The average molecular weight is 384 g/mol. The van der Waals surface area contributed by atoms with Crippen molar-refractivity contribution < 1.29 is 4.74 Å². The third-order valence-electron chi connectivity index (χ3n) is 5.46. The summed E-state index contributed by atoms with van der Waals surface area (Å²) in [6.07, 6.45) is 7.00. The van der Waals surface area contributed by atoms with Crippen LogP contribution in [0.2, 0.25) is 0 Å². The average Bonchev–Trinajstić information content (AvgIpc) is 3.25. The smallest absolute Gasteiger partial charge is 0.193 e. The number of piperidine rings is 1. The lowest BCUT2D eigenvalue weighted by Crippen LogP contribution is -2.49. The van der Waals surface area contributed by atoms with Crippen molar-refractivity contribution >= 4 is 5.96 Å². The SMILES string of the molecule is CN=C(NCC(C)COCc1ccccc1)N1CCC(C)C(n2ccnc2)C1. The quantitative estimate of drug-likeness (QED) is 0.589. The molecule has 0 saturated carbocycles. The van der Waals surface area contributed by atoms with Crippen LogP contribution in [0.15, 0.2) is 54.0 Å². The second-order valence-electron chi connectivity index (χ2n) is 7.82. The summed E-state index contributed by atoms with van der Waals surface area (Å²) in [6.45, 7) is 8.76. The highest BCUT2D eigenvalue weighted by Crippen LogP contribution is 2.27. The van der Waals surface area contributed by atoms with Crippen molar-refractivity contribution in [1.29, 1.82) is 0 Å². The second-order valence-corrected chi connectivity index (χ2v) is 7.82. The molecule has 1 aliphatic heterocycles. The summed E-state index contributed by atoms with van der Waals surface area (Å²) in [5, 5.41) is 3.54. The van der Waals surface area contributed by atoms with E-state index in [0.29, 0.717) is 24.5 Å². The maximum absolute atomic E-state index is 5.87. The highest BCUT2D eigenvalue weighted by molar-refractivity contribution is 5.80. The third-order valence-corrected chi connectivity index (χ3v) is 5.46. The van der Waals surface area contributed by atoms with Gasteiger partial charge in [0.25, 0.3) is 0 Å². The molecular weight excluding hydrogens is 350 g/mol. The normalized spacial score (nSPS) is 21.5. The molecule has 3 rings (SSSR count). The first-order valence-electron chi connectivity index (χ1n) is 10.2. The first kappa shape index (κ1) is 20.4. The zero-order chi connectivity index (χ0) is 19.8. The van der Waals surface area contributed by atoms with Crippen molar-refractivity contribution in [2.24, 2.45) is 16.8 Å². The predicted molar refractivity (Wildman–Crippen MR) is 113 cm³/mol. The summed E-state index contributed by atoms with van der Waals surface area (Å²) in [4.78, 5) is 11.1. The molecule has 1 N–H and O–H groups in total. The molecule has 0 spiro atoms. The summed E-state index contributed by atoms with van der Waals surface area (Å²) in [6, 6.07) is 10.7. The van der Waals surface area contributed by atoms with Crippen LogP contribution < -0.4 is 5.32 Å². The molecule has 0 aliphatic carbocycles. The van der Waals surface area contributed by atoms with E-state index in [1.165, 1.54) is 5.56 Å². The minimum absolute atomic E-state index is 0.411. The summed E-state index contributed by atoms with van der Waals surface area (Å²) >= 11 is 0. The molecule has 1 aromatic heterocycles. The Morgan fingerprint density at radius 2 is 2.18 bits per heavy atom. The Morgan fingerprint density at radius 3 is 2.89 bits per heavy atom. The van der Waals surface area contributed by atoms with E-state index in [4.69, 9.17) is 4.74 Å². The Labute approximate surface area is 168 Å². The Hall–Kier alpha value is -2.34. The van der Waals surface area contributed by atoms with Crippen LogP contribution in [0.25, 0.3) is 0 Å². The van der Waals surface area contributed by atoms with Crippen LogP contribution in [0, 0.1) is 11.8 Å². The maximum Gasteiger partial charge on any atom is 0.193 e. The molecule has 6 heteroatoms. The number of imidazole rings is 1. The fourth-order valence-corrected chi connectivity index (χ4v) is 3.70. The summed E-state index contributed by atoms with van der Waals surface area (Å²) in [5.74, 6) is 2.02. The number of rotatable bonds is 7. The van der Waals surface area contributed by atoms with E-state index in [-0.39, 0.29) is 0 Å². The molecule has 2 heterocycles. The van der Waals surface area contributed by atoms with Gasteiger partial charge in [-0.1, -0.05) is 44.2 Å². The number of likely N-dealkylation sites (tertiary alicyclic amines) is 1. The Bertz CT molecular complexity index is 716. The van der Waals surface area contributed by atoms with Gasteiger partial charge < -0.3 is 19.5 Å². The van der Waals surface area contributed by atoms with Crippen LogP contribution in [0.3, 0.4) is 0 Å². The first-order valence-corrected chi connectivity index (χ1v) is 10.2. The summed E-state index contributed by atoms with van der Waals surface area (Å²) in [7, 11) is 1.86. The molecule has 3 unspecified atom stereocenters. The predicted octanol–water partition coefficient (Wildman–Crippen LogP) is 3.19. The molecule has 2 aromatic rings. The number of hydrogen-bond acceptors (Lipinski definition) is 3. The van der Waals surface area contributed by atoms with Crippen molar-refractivity contribution in [3.63, 3.8) is 0 Å². The van der Waals surface area contributed by atoms with Gasteiger partial charge in [-0.2, -0.15) is 0 Å². The van der Waals surface area contributed by atoms with E-state index >= 15 is 0 Å². The van der Waals surface area contributed by atoms with Gasteiger partial charge in [-0.25, -0.2) is 4.98 Å². The van der Waals surface area contributed by atoms with Gasteiger partial charge in [0.15, 0.2) is 5.96 Å². The van der Waals surface area contributed by atoms with Crippen LogP contribution in [0.5, 0.6) is 0 Å². The third kappa shape index (κ3) is 5.58. The largest absolute Gasteiger partial charge is 0.376 e. The highest BCUT2D eigenvalue weighted by atomic mass is 16.5. The molecule has 1 aromatic carbocycles. The highest BCUT2D eigenvalue weighted by Gasteiger charge is 2.28. The van der Waals surface area contributed by atoms with Gasteiger partial charge in [0.1, 0.15) is 0 Å². The van der Waals surface area contributed by atoms with E-state index < -0.39 is 0 Å². The maximum atomic E-state index is 5.87. The number of nitrogens with one attached hydrogen (secondary N) is 1. The van der Waals surface area contributed by atoms with Gasteiger partial charge in [-0.15, -0.1) is 0 Å². The zero-order valence-corrected chi connectivity index (χ0v) is 17.3. The van der Waals surface area contributed by atoms with Crippen LogP contribution >= 0.6 is 0 Å². The Balaban J connectivity index is 1.44. The molecule has 6 nitrogen and oxygen atoms in total. The molecule has 152 valence electrons. The van der Waals surface area contributed by atoms with Crippen molar-refractivity contribution in [2.45, 2.75) is 32.9 Å². The molecule has 0 amide bonds. The summed E-state index contributed by atoms with van der Waals surface area (Å²) < 4.78 is 8.10.